The molecule has 20 heavy (non-hydrogen) atoms. The van der Waals surface area contributed by atoms with Gasteiger partial charge in [0.1, 0.15) is 0 Å². The summed E-state index contributed by atoms with van der Waals surface area (Å²) in [5, 5.41) is 2.64. The molecule has 6 heteroatoms. The van der Waals surface area contributed by atoms with E-state index in [-0.39, 0.29) is 5.91 Å². The highest BCUT2D eigenvalue weighted by Crippen LogP contribution is 2.27. The van der Waals surface area contributed by atoms with Gasteiger partial charge in [-0.25, -0.2) is 0 Å². The summed E-state index contributed by atoms with van der Waals surface area (Å²) in [5.74, 6) is -0.129. The van der Waals surface area contributed by atoms with E-state index < -0.39 is 0 Å². The Kier molecular flexibility index (Phi) is 4.52. The quantitative estimate of drug-likeness (QED) is 0.854. The van der Waals surface area contributed by atoms with Gasteiger partial charge in [-0.2, -0.15) is 0 Å². The number of benzene rings is 1. The first-order chi connectivity index (χ1) is 9.51. The SMILES string of the molecule is CNC(=O)c1ccc(N)cc1N(C)Cc1ccc(Cl)s1. The molecule has 1 heterocycles. The fraction of sp³-hybridized carbons (Fsp3) is 0.214. The van der Waals surface area contributed by atoms with Gasteiger partial charge in [0.05, 0.1) is 22.1 Å². The van der Waals surface area contributed by atoms with Crippen molar-refractivity contribution >= 4 is 40.2 Å². The fourth-order valence-corrected chi connectivity index (χ4v) is 3.09. The summed E-state index contributed by atoms with van der Waals surface area (Å²) >= 11 is 7.46. The molecule has 4 nitrogen and oxygen atoms in total. The number of anilines is 2. The number of thiophene rings is 1. The van der Waals surface area contributed by atoms with Crippen LogP contribution in [0.4, 0.5) is 11.4 Å². The van der Waals surface area contributed by atoms with Gasteiger partial charge in [0.25, 0.3) is 5.91 Å². The number of nitrogens with zero attached hydrogens (tertiary/aromatic N) is 1. The first-order valence-electron chi connectivity index (χ1n) is 6.08. The highest BCUT2D eigenvalue weighted by atomic mass is 35.5. The zero-order valence-corrected chi connectivity index (χ0v) is 12.9. The van der Waals surface area contributed by atoms with Crippen LogP contribution >= 0.6 is 22.9 Å². The Bertz CT molecular complexity index is 627. The second-order valence-electron chi connectivity index (χ2n) is 4.42. The summed E-state index contributed by atoms with van der Waals surface area (Å²) in [7, 11) is 3.54. The lowest BCUT2D eigenvalue weighted by Gasteiger charge is -2.21. The molecule has 0 atom stereocenters. The molecular weight excluding hydrogens is 294 g/mol. The van der Waals surface area contributed by atoms with Crippen molar-refractivity contribution in [3.63, 3.8) is 0 Å². The molecule has 0 bridgehead atoms. The standard InChI is InChI=1S/C14H16ClN3OS/c1-17-14(19)11-5-3-9(16)7-12(11)18(2)8-10-4-6-13(15)20-10/h3-7H,8,16H2,1-2H3,(H,17,19). The summed E-state index contributed by atoms with van der Waals surface area (Å²) in [6.07, 6.45) is 0. The van der Waals surface area contributed by atoms with E-state index in [4.69, 9.17) is 17.3 Å². The monoisotopic (exact) mass is 309 g/mol. The molecule has 0 aliphatic heterocycles. The number of hydrogen-bond acceptors (Lipinski definition) is 4. The smallest absolute Gasteiger partial charge is 0.253 e. The molecular formula is C14H16ClN3OS. The molecule has 1 amide bonds. The lowest BCUT2D eigenvalue weighted by atomic mass is 10.1. The molecule has 0 saturated heterocycles. The van der Waals surface area contributed by atoms with Crippen molar-refractivity contribution in [1.82, 2.24) is 5.32 Å². The van der Waals surface area contributed by atoms with E-state index in [9.17, 15) is 4.79 Å². The third kappa shape index (κ3) is 3.23. The van der Waals surface area contributed by atoms with E-state index in [1.807, 2.05) is 24.1 Å². The van der Waals surface area contributed by atoms with Gasteiger partial charge in [-0.3, -0.25) is 4.79 Å². The molecule has 0 unspecified atom stereocenters. The van der Waals surface area contributed by atoms with Gasteiger partial charge in [-0.05, 0) is 30.3 Å². The van der Waals surface area contributed by atoms with Gasteiger partial charge in [0, 0.05) is 24.7 Å². The largest absolute Gasteiger partial charge is 0.399 e. The van der Waals surface area contributed by atoms with E-state index in [1.165, 1.54) is 11.3 Å². The minimum absolute atomic E-state index is 0.129. The van der Waals surface area contributed by atoms with Gasteiger partial charge in [0.2, 0.25) is 0 Å². The Hall–Kier alpha value is -1.72. The molecule has 0 radical (unpaired) electrons. The van der Waals surface area contributed by atoms with Crippen LogP contribution in [0.3, 0.4) is 0 Å². The van der Waals surface area contributed by atoms with Crippen molar-refractivity contribution in [2.45, 2.75) is 6.54 Å². The van der Waals surface area contributed by atoms with Crippen LogP contribution in [0.25, 0.3) is 0 Å². The van der Waals surface area contributed by atoms with Gasteiger partial charge >= 0.3 is 0 Å². The van der Waals surface area contributed by atoms with E-state index in [0.29, 0.717) is 17.8 Å². The summed E-state index contributed by atoms with van der Waals surface area (Å²) < 4.78 is 0.757. The molecule has 1 aromatic heterocycles. The number of nitrogens with two attached hydrogens (primary N) is 1. The van der Waals surface area contributed by atoms with Gasteiger partial charge in [-0.1, -0.05) is 11.6 Å². The Labute approximate surface area is 127 Å². The Morgan fingerprint density at radius 1 is 1.40 bits per heavy atom. The van der Waals surface area contributed by atoms with Crippen molar-refractivity contribution < 1.29 is 4.79 Å². The first kappa shape index (κ1) is 14.7. The Balaban J connectivity index is 2.30. The van der Waals surface area contributed by atoms with Gasteiger partial charge in [-0.15, -0.1) is 11.3 Å². The number of hydrogen-bond donors (Lipinski definition) is 2. The Morgan fingerprint density at radius 3 is 2.75 bits per heavy atom. The molecule has 0 spiro atoms. The fourth-order valence-electron chi connectivity index (χ4n) is 1.95. The zero-order chi connectivity index (χ0) is 14.7. The number of carbonyl (C=O) groups is 1. The number of rotatable bonds is 4. The predicted octanol–water partition coefficient (Wildman–Crippen LogP) is 2.98. The summed E-state index contributed by atoms with van der Waals surface area (Å²) in [4.78, 5) is 15.0. The molecule has 0 fully saturated rings. The van der Waals surface area contributed by atoms with Crippen molar-refractivity contribution in [2.24, 2.45) is 0 Å². The van der Waals surface area contributed by atoms with Crippen LogP contribution in [0.5, 0.6) is 0 Å². The molecule has 2 rings (SSSR count). The Morgan fingerprint density at radius 2 is 2.15 bits per heavy atom. The van der Waals surface area contributed by atoms with Crippen LogP contribution in [0.15, 0.2) is 30.3 Å². The van der Waals surface area contributed by atoms with Crippen molar-refractivity contribution in [1.29, 1.82) is 0 Å². The molecule has 3 N–H and O–H groups in total. The van der Waals surface area contributed by atoms with E-state index in [2.05, 4.69) is 5.32 Å². The van der Waals surface area contributed by atoms with E-state index in [1.54, 1.807) is 25.2 Å². The minimum atomic E-state index is -0.129. The molecule has 1 aromatic carbocycles. The van der Waals surface area contributed by atoms with E-state index in [0.717, 1.165) is 14.9 Å². The second kappa shape index (κ2) is 6.15. The summed E-state index contributed by atoms with van der Waals surface area (Å²) in [5.41, 5.74) is 7.86. The lowest BCUT2D eigenvalue weighted by molar-refractivity contribution is 0.0963. The average molecular weight is 310 g/mol. The van der Waals surface area contributed by atoms with Crippen molar-refractivity contribution in [2.75, 3.05) is 24.7 Å². The maximum absolute atomic E-state index is 11.9. The molecule has 106 valence electrons. The molecule has 2 aromatic rings. The highest BCUT2D eigenvalue weighted by molar-refractivity contribution is 7.16. The topological polar surface area (TPSA) is 58.4 Å². The summed E-state index contributed by atoms with van der Waals surface area (Å²) in [6.45, 7) is 0.671. The number of carbonyl (C=O) groups excluding carboxylic acids is 1. The first-order valence-corrected chi connectivity index (χ1v) is 7.27. The number of nitrogen functional groups attached to an aromatic ring is 1. The summed E-state index contributed by atoms with van der Waals surface area (Å²) in [6, 6.07) is 9.12. The third-order valence-electron chi connectivity index (χ3n) is 2.93. The zero-order valence-electron chi connectivity index (χ0n) is 11.3. The van der Waals surface area contributed by atoms with Crippen molar-refractivity contribution in [3.05, 3.63) is 45.1 Å². The predicted molar refractivity (Wildman–Crippen MR) is 85.7 cm³/mol. The number of amides is 1. The van der Waals surface area contributed by atoms with Crippen LogP contribution < -0.4 is 16.0 Å². The van der Waals surface area contributed by atoms with Crippen LogP contribution in [0.2, 0.25) is 4.34 Å². The maximum Gasteiger partial charge on any atom is 0.253 e. The average Bonchev–Trinajstić information content (AvgIpc) is 2.83. The molecule has 0 saturated carbocycles. The van der Waals surface area contributed by atoms with Crippen LogP contribution in [0.1, 0.15) is 15.2 Å². The van der Waals surface area contributed by atoms with Gasteiger partial charge < -0.3 is 16.0 Å². The van der Waals surface area contributed by atoms with Crippen LogP contribution in [-0.2, 0) is 6.54 Å². The maximum atomic E-state index is 11.9. The normalized spacial score (nSPS) is 10.3. The third-order valence-corrected chi connectivity index (χ3v) is 4.14. The minimum Gasteiger partial charge on any atom is -0.399 e. The van der Waals surface area contributed by atoms with Crippen molar-refractivity contribution in [3.8, 4) is 0 Å². The second-order valence-corrected chi connectivity index (χ2v) is 6.22. The number of halogens is 1. The van der Waals surface area contributed by atoms with Gasteiger partial charge in [0.15, 0.2) is 0 Å². The lowest BCUT2D eigenvalue weighted by Crippen LogP contribution is -2.24. The van der Waals surface area contributed by atoms with Crippen LogP contribution in [-0.4, -0.2) is 20.0 Å². The molecule has 0 aliphatic rings. The highest BCUT2D eigenvalue weighted by Gasteiger charge is 2.14. The molecule has 0 aliphatic carbocycles. The van der Waals surface area contributed by atoms with Crippen LogP contribution in [0, 0.1) is 0 Å². The van der Waals surface area contributed by atoms with E-state index >= 15 is 0 Å². The number of nitrogens with one attached hydrogen (secondary N) is 1.